The van der Waals surface area contributed by atoms with Crippen molar-refractivity contribution in [1.82, 2.24) is 0 Å². The molecular weight excluding hydrogens is 290 g/mol. The van der Waals surface area contributed by atoms with Gasteiger partial charge in [-0.05, 0) is 43.0 Å². The molecule has 2 nitrogen and oxygen atoms in total. The monoisotopic (exact) mass is 310 g/mol. The van der Waals surface area contributed by atoms with Gasteiger partial charge in [0.2, 0.25) is 5.69 Å². The van der Waals surface area contributed by atoms with E-state index < -0.39 is 0 Å². The Morgan fingerprint density at radius 3 is 2.82 bits per heavy atom. The molecule has 1 aromatic carbocycles. The standard InChI is InChI=1S/C19H19NOS/c1-4-11-19(2)16-13-14(21)7-9-17(16)20(3)18(19)10-8-15-6-5-12-22-15/h4-10,12-13H,1,11H2,2-3H3/p+1/b10-8+. The molecule has 3 rings (SSSR count). The third-order valence-corrected chi connectivity index (χ3v) is 5.20. The van der Waals surface area contributed by atoms with Crippen LogP contribution in [0.4, 0.5) is 5.69 Å². The number of hydrogen-bond donors (Lipinski definition) is 1. The van der Waals surface area contributed by atoms with E-state index in [-0.39, 0.29) is 5.41 Å². The molecule has 1 atom stereocenters. The van der Waals surface area contributed by atoms with Crippen LogP contribution in [-0.4, -0.2) is 22.4 Å². The molecule has 0 saturated heterocycles. The number of fused-ring (bicyclic) bond motifs is 1. The summed E-state index contributed by atoms with van der Waals surface area (Å²) in [7, 11) is 2.08. The third kappa shape index (κ3) is 2.32. The minimum Gasteiger partial charge on any atom is -0.508 e. The molecule has 2 heterocycles. The fraction of sp³-hybridized carbons (Fsp3) is 0.211. The Morgan fingerprint density at radius 1 is 1.32 bits per heavy atom. The number of allylic oxidation sites excluding steroid dienone is 2. The lowest BCUT2D eigenvalue weighted by Gasteiger charge is -2.20. The number of rotatable bonds is 4. The second-order valence-corrected chi connectivity index (χ2v) is 6.80. The van der Waals surface area contributed by atoms with Crippen molar-refractivity contribution in [1.29, 1.82) is 0 Å². The van der Waals surface area contributed by atoms with Crippen molar-refractivity contribution in [2.24, 2.45) is 0 Å². The molecule has 22 heavy (non-hydrogen) atoms. The zero-order valence-corrected chi connectivity index (χ0v) is 13.7. The van der Waals surface area contributed by atoms with Gasteiger partial charge < -0.3 is 5.11 Å². The lowest BCUT2D eigenvalue weighted by molar-refractivity contribution is -0.401. The molecule has 1 unspecified atom stereocenters. The van der Waals surface area contributed by atoms with Crippen LogP contribution in [0.3, 0.4) is 0 Å². The average Bonchev–Trinajstić information content (AvgIpc) is 3.06. The lowest BCUT2D eigenvalue weighted by Crippen LogP contribution is -2.29. The van der Waals surface area contributed by atoms with Gasteiger partial charge >= 0.3 is 0 Å². The SMILES string of the molecule is C=CCC1(C)C(/C=C/c2cccs2)=[N+](C)c2ccc(O)cc21. The van der Waals surface area contributed by atoms with E-state index in [9.17, 15) is 5.11 Å². The van der Waals surface area contributed by atoms with Crippen LogP contribution in [0.15, 0.2) is 54.4 Å². The van der Waals surface area contributed by atoms with Gasteiger partial charge in [0.25, 0.3) is 0 Å². The number of phenols is 1. The molecule has 3 heteroatoms. The molecule has 0 aliphatic carbocycles. The van der Waals surface area contributed by atoms with E-state index in [0.29, 0.717) is 5.75 Å². The van der Waals surface area contributed by atoms with E-state index in [4.69, 9.17) is 0 Å². The van der Waals surface area contributed by atoms with Crippen LogP contribution in [0, 0.1) is 0 Å². The normalized spacial score (nSPS) is 20.6. The third-order valence-electron chi connectivity index (χ3n) is 4.36. The highest BCUT2D eigenvalue weighted by Gasteiger charge is 2.45. The molecule has 0 saturated carbocycles. The van der Waals surface area contributed by atoms with Gasteiger partial charge in [-0.25, -0.2) is 0 Å². The molecule has 2 aromatic rings. The van der Waals surface area contributed by atoms with Gasteiger partial charge in [0.15, 0.2) is 5.71 Å². The van der Waals surface area contributed by atoms with Crippen LogP contribution in [0.1, 0.15) is 23.8 Å². The Morgan fingerprint density at radius 2 is 2.14 bits per heavy atom. The first kappa shape index (κ1) is 14.8. The highest BCUT2D eigenvalue weighted by Crippen LogP contribution is 2.43. The lowest BCUT2D eigenvalue weighted by atomic mass is 9.76. The molecule has 1 N–H and O–H groups in total. The van der Waals surface area contributed by atoms with Crippen molar-refractivity contribution in [2.45, 2.75) is 18.8 Å². The first-order chi connectivity index (χ1) is 10.6. The summed E-state index contributed by atoms with van der Waals surface area (Å²) in [5.74, 6) is 0.311. The quantitative estimate of drug-likeness (QED) is 0.640. The van der Waals surface area contributed by atoms with Gasteiger partial charge in [-0.2, -0.15) is 4.58 Å². The highest BCUT2D eigenvalue weighted by molar-refractivity contribution is 7.10. The Bertz CT molecular complexity index is 771. The summed E-state index contributed by atoms with van der Waals surface area (Å²) in [4.78, 5) is 1.24. The maximum Gasteiger partial charge on any atom is 0.209 e. The summed E-state index contributed by atoms with van der Waals surface area (Å²) < 4.78 is 2.21. The van der Waals surface area contributed by atoms with E-state index in [1.807, 2.05) is 18.2 Å². The first-order valence-electron chi connectivity index (χ1n) is 7.33. The maximum absolute atomic E-state index is 9.88. The van der Waals surface area contributed by atoms with Gasteiger partial charge in [0.05, 0.1) is 5.41 Å². The molecule has 1 aliphatic heterocycles. The van der Waals surface area contributed by atoms with Crippen molar-refractivity contribution in [3.8, 4) is 5.75 Å². The predicted octanol–water partition coefficient (Wildman–Crippen LogP) is 4.73. The van der Waals surface area contributed by atoms with Crippen LogP contribution < -0.4 is 0 Å². The molecule has 1 aliphatic rings. The van der Waals surface area contributed by atoms with E-state index in [1.54, 1.807) is 17.4 Å². The molecule has 0 fully saturated rings. The van der Waals surface area contributed by atoms with Crippen LogP contribution >= 0.6 is 11.3 Å². The van der Waals surface area contributed by atoms with E-state index in [2.05, 4.69) is 54.8 Å². The van der Waals surface area contributed by atoms with Crippen molar-refractivity contribution < 1.29 is 9.68 Å². The van der Waals surface area contributed by atoms with Gasteiger partial charge in [0, 0.05) is 22.6 Å². The number of nitrogens with zero attached hydrogens (tertiary/aromatic N) is 1. The molecule has 0 bridgehead atoms. The predicted molar refractivity (Wildman–Crippen MR) is 94.5 cm³/mol. The zero-order valence-electron chi connectivity index (χ0n) is 12.9. The average molecular weight is 310 g/mol. The molecule has 0 radical (unpaired) electrons. The van der Waals surface area contributed by atoms with Crippen molar-refractivity contribution in [2.75, 3.05) is 7.05 Å². The Labute approximate surface area is 135 Å². The number of aromatic hydroxyl groups is 1. The summed E-state index contributed by atoms with van der Waals surface area (Å²) >= 11 is 1.73. The molecule has 1 aromatic heterocycles. The molecule has 0 spiro atoms. The largest absolute Gasteiger partial charge is 0.508 e. The minimum atomic E-state index is -0.168. The summed E-state index contributed by atoms with van der Waals surface area (Å²) in [6, 6.07) is 9.78. The second-order valence-electron chi connectivity index (χ2n) is 5.82. The molecular formula is C19H20NOS+. The maximum atomic E-state index is 9.88. The molecule has 0 amide bonds. The van der Waals surface area contributed by atoms with Gasteiger partial charge in [0.1, 0.15) is 12.8 Å². The van der Waals surface area contributed by atoms with Crippen molar-refractivity contribution in [3.63, 3.8) is 0 Å². The van der Waals surface area contributed by atoms with Crippen LogP contribution in [-0.2, 0) is 5.41 Å². The summed E-state index contributed by atoms with van der Waals surface area (Å²) in [6.45, 7) is 6.13. The van der Waals surface area contributed by atoms with Crippen molar-refractivity contribution >= 4 is 28.8 Å². The van der Waals surface area contributed by atoms with Gasteiger partial charge in [-0.15, -0.1) is 17.9 Å². The fourth-order valence-electron chi connectivity index (χ4n) is 3.24. The minimum absolute atomic E-state index is 0.168. The van der Waals surface area contributed by atoms with Crippen LogP contribution in [0.5, 0.6) is 5.75 Å². The Balaban J connectivity index is 2.11. The number of phenolic OH excluding ortho intramolecular Hbond substituents is 1. The first-order valence-corrected chi connectivity index (χ1v) is 8.21. The summed E-state index contributed by atoms with van der Waals surface area (Å²) in [5, 5.41) is 12.0. The zero-order chi connectivity index (χ0) is 15.7. The number of hydrogen-bond acceptors (Lipinski definition) is 2. The highest BCUT2D eigenvalue weighted by atomic mass is 32.1. The van der Waals surface area contributed by atoms with Crippen LogP contribution in [0.25, 0.3) is 6.08 Å². The van der Waals surface area contributed by atoms with Crippen molar-refractivity contribution in [3.05, 3.63) is 64.9 Å². The second kappa shape index (κ2) is 5.58. The van der Waals surface area contributed by atoms with E-state index in [0.717, 1.165) is 17.7 Å². The van der Waals surface area contributed by atoms with E-state index >= 15 is 0 Å². The Hall–Kier alpha value is -2.13. The van der Waals surface area contributed by atoms with Gasteiger partial charge in [-0.3, -0.25) is 0 Å². The summed E-state index contributed by atoms with van der Waals surface area (Å²) in [6.07, 6.45) is 7.12. The topological polar surface area (TPSA) is 23.2 Å². The number of benzene rings is 1. The fourth-order valence-corrected chi connectivity index (χ4v) is 3.86. The van der Waals surface area contributed by atoms with Gasteiger partial charge in [-0.1, -0.05) is 12.1 Å². The van der Waals surface area contributed by atoms with E-state index in [1.165, 1.54) is 10.6 Å². The van der Waals surface area contributed by atoms with Crippen LogP contribution in [0.2, 0.25) is 0 Å². The smallest absolute Gasteiger partial charge is 0.209 e. The molecule has 112 valence electrons. The number of thiophene rings is 1. The summed E-state index contributed by atoms with van der Waals surface area (Å²) in [5.41, 5.74) is 3.35. The Kier molecular flexibility index (Phi) is 3.75.